The number of piperidine rings is 1. The number of H-pyrrole nitrogens is 1. The number of ether oxygens (including phenoxy) is 3. The van der Waals surface area contributed by atoms with Gasteiger partial charge in [0.05, 0.1) is 74.7 Å². The minimum absolute atomic E-state index is 0.0615. The molecule has 65 heavy (non-hydrogen) atoms. The predicted molar refractivity (Wildman–Crippen MR) is 242 cm³/mol. The number of anilines is 2. The summed E-state index contributed by atoms with van der Waals surface area (Å²) >= 11 is 0. The third kappa shape index (κ3) is 8.73. The van der Waals surface area contributed by atoms with Crippen molar-refractivity contribution >= 4 is 44.2 Å². The number of nitrogens with zero attached hydrogens (tertiary/aromatic N) is 6. The highest BCUT2D eigenvalue weighted by Crippen LogP contribution is 2.54. The topological polar surface area (TPSA) is 199 Å². The van der Waals surface area contributed by atoms with Gasteiger partial charge in [0.15, 0.2) is 0 Å². The van der Waals surface area contributed by atoms with Gasteiger partial charge in [-0.15, -0.1) is 0 Å². The van der Waals surface area contributed by atoms with E-state index in [0.717, 1.165) is 81.9 Å². The van der Waals surface area contributed by atoms with Crippen LogP contribution in [0.4, 0.5) is 17.2 Å². The van der Waals surface area contributed by atoms with Gasteiger partial charge in [-0.3, -0.25) is 19.8 Å². The normalized spacial score (nSPS) is 21.0. The maximum absolute atomic E-state index is 14.0. The second kappa shape index (κ2) is 17.3. The summed E-state index contributed by atoms with van der Waals surface area (Å²) in [6.07, 6.45) is 12.0. The summed E-state index contributed by atoms with van der Waals surface area (Å²) in [5.74, 6) is -0.0471. The summed E-state index contributed by atoms with van der Waals surface area (Å²) in [7, 11) is -4.67. The lowest BCUT2D eigenvalue weighted by molar-refractivity contribution is -0.384. The van der Waals surface area contributed by atoms with E-state index in [1.807, 2.05) is 6.07 Å². The van der Waals surface area contributed by atoms with Crippen molar-refractivity contribution < 1.29 is 32.3 Å². The van der Waals surface area contributed by atoms with Gasteiger partial charge in [-0.05, 0) is 85.3 Å². The molecule has 6 heterocycles. The highest BCUT2D eigenvalue weighted by molar-refractivity contribution is 7.90. The van der Waals surface area contributed by atoms with E-state index in [1.165, 1.54) is 36.2 Å². The second-order valence-electron chi connectivity index (χ2n) is 18.2. The molecule has 1 spiro atoms. The Hall–Kier alpha value is -6.13. The zero-order valence-electron chi connectivity index (χ0n) is 35.9. The number of pyridine rings is 2. The number of carbonyl (C=O) groups excluding carboxylic acids is 1. The number of rotatable bonds is 13. The lowest BCUT2D eigenvalue weighted by Gasteiger charge is -2.57. The molecule has 17 nitrogen and oxygen atoms in total. The van der Waals surface area contributed by atoms with E-state index < -0.39 is 37.0 Å². The summed E-state index contributed by atoms with van der Waals surface area (Å²) in [5, 5.41) is 15.8. The predicted octanol–water partition coefficient (Wildman–Crippen LogP) is 7.36. The molecule has 5 aliphatic rings. The maximum atomic E-state index is 14.0. The Balaban J connectivity index is 0.846. The smallest absolute Gasteiger partial charge is 0.312 e. The number of amides is 1. The third-order valence-corrected chi connectivity index (χ3v) is 15.5. The standard InChI is InChI=1S/C47H51N9O8S/c1-48-47(13-19-62-20-14-47)30-52-44-40(56(58)59)24-36(28-51-44)65(60,61)53-45(57)39-9-8-33(23-42(39)64-35-22-32-10-15-49-43(32)50-27-35)54-16-11-46(12-17-54)25-34(26-46)55-18-21-63-29-41(55)38-5-3-2-4-37(38)31-6-7-31/h2-5,8-10,15,22-24,27-28,31,34,41H,6-7,11-14,16-21,25-26,29-30H2,(H,49,50)(H,51,52)(H,53,57)/t41-/m1/s1. The Bertz CT molecular complexity index is 2770. The Morgan fingerprint density at radius 3 is 2.51 bits per heavy atom. The molecule has 3 aliphatic heterocycles. The molecule has 0 radical (unpaired) electrons. The van der Waals surface area contributed by atoms with E-state index in [-0.39, 0.29) is 35.1 Å². The zero-order chi connectivity index (χ0) is 44.8. The molecule has 10 rings (SSSR count). The van der Waals surface area contributed by atoms with Gasteiger partial charge in [0.25, 0.3) is 21.5 Å². The molecule has 0 bridgehead atoms. The molecule has 1 amide bonds. The van der Waals surface area contributed by atoms with E-state index in [4.69, 9.17) is 20.8 Å². The van der Waals surface area contributed by atoms with Crippen LogP contribution in [-0.4, -0.2) is 103 Å². The zero-order valence-corrected chi connectivity index (χ0v) is 36.7. The number of nitro groups is 1. The molecule has 3 saturated heterocycles. The number of aromatic amines is 1. The lowest BCUT2D eigenvalue weighted by atomic mass is 9.59. The third-order valence-electron chi connectivity index (χ3n) is 14.2. The number of benzene rings is 2. The molecule has 5 aromatic rings. The molecule has 2 aliphatic carbocycles. The van der Waals surface area contributed by atoms with Crippen molar-refractivity contribution in [3.63, 3.8) is 0 Å². The van der Waals surface area contributed by atoms with Crippen molar-refractivity contribution in [3.05, 3.63) is 117 Å². The molecule has 2 saturated carbocycles. The van der Waals surface area contributed by atoms with Crippen LogP contribution in [0.3, 0.4) is 0 Å². The lowest BCUT2D eigenvalue weighted by Crippen LogP contribution is -2.58. The van der Waals surface area contributed by atoms with Crippen LogP contribution in [0, 0.1) is 22.1 Å². The van der Waals surface area contributed by atoms with Crippen molar-refractivity contribution in [2.75, 3.05) is 62.8 Å². The summed E-state index contributed by atoms with van der Waals surface area (Å²) in [4.78, 5) is 45.1. The van der Waals surface area contributed by atoms with E-state index in [9.17, 15) is 23.3 Å². The number of hydrogen-bond acceptors (Lipinski definition) is 13. The van der Waals surface area contributed by atoms with Gasteiger partial charge in [0.2, 0.25) is 5.82 Å². The summed E-state index contributed by atoms with van der Waals surface area (Å²) in [5.41, 5.74) is 3.15. The molecule has 1 atom stereocenters. The summed E-state index contributed by atoms with van der Waals surface area (Å²) < 4.78 is 47.3. The van der Waals surface area contributed by atoms with E-state index >= 15 is 0 Å². The van der Waals surface area contributed by atoms with Crippen molar-refractivity contribution in [2.24, 2.45) is 5.41 Å². The number of aromatic nitrogens is 3. The fourth-order valence-electron chi connectivity index (χ4n) is 10.2. The summed E-state index contributed by atoms with van der Waals surface area (Å²) in [6, 6.07) is 19.3. The minimum atomic E-state index is -4.67. The first kappa shape index (κ1) is 42.8. The molecule has 338 valence electrons. The van der Waals surface area contributed by atoms with Gasteiger partial charge in [0, 0.05) is 55.1 Å². The van der Waals surface area contributed by atoms with Gasteiger partial charge in [-0.25, -0.2) is 29.7 Å². The molecule has 0 unspecified atom stereocenters. The monoisotopic (exact) mass is 901 g/mol. The molecule has 3 aromatic heterocycles. The Kier molecular flexibility index (Phi) is 11.4. The fraction of sp³-hybridized carbons (Fsp3) is 0.447. The molecular formula is C47H51N9O8S. The summed E-state index contributed by atoms with van der Waals surface area (Å²) in [6.45, 7) is 12.6. The van der Waals surface area contributed by atoms with Crippen molar-refractivity contribution in [2.45, 2.75) is 79.8 Å². The molecule has 5 fully saturated rings. The highest BCUT2D eigenvalue weighted by Gasteiger charge is 2.50. The maximum Gasteiger partial charge on any atom is 0.312 e. The van der Waals surface area contributed by atoms with Gasteiger partial charge in [-0.1, -0.05) is 24.3 Å². The number of morpholine rings is 1. The Morgan fingerprint density at radius 1 is 0.969 bits per heavy atom. The minimum Gasteiger partial charge on any atom is -0.455 e. The van der Waals surface area contributed by atoms with Gasteiger partial charge in [-0.2, -0.15) is 0 Å². The van der Waals surface area contributed by atoms with E-state index in [2.05, 4.69) is 63.9 Å². The Morgan fingerprint density at radius 2 is 1.75 bits per heavy atom. The number of nitrogens with one attached hydrogen (secondary N) is 3. The molecular weight excluding hydrogens is 851 g/mol. The molecule has 18 heteroatoms. The average molecular weight is 902 g/mol. The van der Waals surface area contributed by atoms with E-state index in [1.54, 1.807) is 24.4 Å². The van der Waals surface area contributed by atoms with Gasteiger partial charge < -0.3 is 34.3 Å². The highest BCUT2D eigenvalue weighted by atomic mass is 32.2. The van der Waals surface area contributed by atoms with Crippen LogP contribution in [0.25, 0.3) is 15.9 Å². The van der Waals surface area contributed by atoms with Crippen LogP contribution in [0.5, 0.6) is 11.5 Å². The number of hydrogen-bond donors (Lipinski definition) is 3. The van der Waals surface area contributed by atoms with Crippen molar-refractivity contribution in [1.29, 1.82) is 0 Å². The van der Waals surface area contributed by atoms with Crippen LogP contribution in [0.15, 0.2) is 84.1 Å². The number of sulfonamides is 1. The van der Waals surface area contributed by atoms with Crippen LogP contribution < -0.4 is 19.7 Å². The SMILES string of the molecule is [C-]#[N+]C1(CNc2ncc(S(=O)(=O)NC(=O)c3ccc(N4CCC5(CC4)CC(N4CCOC[C@@H]4c4ccccc4C4CC4)C5)cc3Oc3cnc4[nH]ccc4c3)cc2[N+](=O)[O-])CCOCC1. The largest absolute Gasteiger partial charge is 0.455 e. The van der Waals surface area contributed by atoms with Crippen molar-refractivity contribution in [1.82, 2.24) is 24.6 Å². The quantitative estimate of drug-likeness (QED) is 0.0603. The molecule has 2 aromatic carbocycles. The first-order valence-electron chi connectivity index (χ1n) is 22.4. The average Bonchev–Trinajstić information content (AvgIpc) is 4.06. The first-order chi connectivity index (χ1) is 31.5. The first-order valence-corrected chi connectivity index (χ1v) is 23.8. The Labute approximate surface area is 376 Å². The van der Waals surface area contributed by atoms with Crippen LogP contribution in [0.2, 0.25) is 0 Å². The number of fused-ring (bicyclic) bond motifs is 1. The van der Waals surface area contributed by atoms with Crippen molar-refractivity contribution in [3.8, 4) is 11.5 Å². The number of carbonyl (C=O) groups is 1. The van der Waals surface area contributed by atoms with Crippen LogP contribution in [0.1, 0.15) is 84.8 Å². The van der Waals surface area contributed by atoms with Gasteiger partial charge in [0.1, 0.15) is 22.0 Å². The van der Waals surface area contributed by atoms with Crippen LogP contribution >= 0.6 is 0 Å². The van der Waals surface area contributed by atoms with Crippen LogP contribution in [-0.2, 0) is 19.5 Å². The fourth-order valence-corrected chi connectivity index (χ4v) is 11.2. The van der Waals surface area contributed by atoms with E-state index in [0.29, 0.717) is 49.4 Å². The second-order valence-corrected chi connectivity index (χ2v) is 19.9. The van der Waals surface area contributed by atoms with Gasteiger partial charge >= 0.3 is 5.69 Å². The molecule has 3 N–H and O–H groups in total.